The Morgan fingerprint density at radius 1 is 1.11 bits per heavy atom. The summed E-state index contributed by atoms with van der Waals surface area (Å²) in [6.45, 7) is 3.18. The van der Waals surface area contributed by atoms with E-state index in [0.717, 1.165) is 25.0 Å². The first kappa shape index (κ1) is 24.8. The molecule has 2 N–H and O–H groups in total. The summed E-state index contributed by atoms with van der Waals surface area (Å²) in [5.41, 5.74) is 6.02. The van der Waals surface area contributed by atoms with Gasteiger partial charge in [-0.05, 0) is 37.0 Å². The molecule has 160 valence electrons. The lowest BCUT2D eigenvalue weighted by Gasteiger charge is -2.38. The lowest BCUT2D eigenvalue weighted by Crippen LogP contribution is -2.55. The summed E-state index contributed by atoms with van der Waals surface area (Å²) in [6, 6.07) is 4.78. The number of carbonyl (C=O) groups is 1. The lowest BCUT2D eigenvalue weighted by atomic mass is 9.91. The molecule has 1 atom stereocenters. The highest BCUT2D eigenvalue weighted by Gasteiger charge is 2.33. The van der Waals surface area contributed by atoms with E-state index in [1.54, 1.807) is 11.0 Å². The zero-order chi connectivity index (χ0) is 18.7. The maximum Gasteiger partial charge on any atom is 0.416 e. The normalized spacial score (nSPS) is 19.4. The molecule has 2 aliphatic heterocycles. The van der Waals surface area contributed by atoms with Crippen LogP contribution >= 0.6 is 24.8 Å². The van der Waals surface area contributed by atoms with Gasteiger partial charge >= 0.3 is 6.18 Å². The first-order valence-corrected chi connectivity index (χ1v) is 8.90. The number of piperazine rings is 1. The van der Waals surface area contributed by atoms with Crippen molar-refractivity contribution in [2.75, 3.05) is 44.3 Å². The summed E-state index contributed by atoms with van der Waals surface area (Å²) >= 11 is 0. The summed E-state index contributed by atoms with van der Waals surface area (Å²) in [5.74, 6) is 0.0679. The summed E-state index contributed by atoms with van der Waals surface area (Å²) in [5, 5.41) is 0. The molecule has 0 aromatic heterocycles. The van der Waals surface area contributed by atoms with Crippen molar-refractivity contribution >= 4 is 36.4 Å². The van der Waals surface area contributed by atoms with Crippen molar-refractivity contribution in [3.8, 4) is 0 Å². The molecule has 28 heavy (non-hydrogen) atoms. The molecule has 0 saturated carbocycles. The highest BCUT2D eigenvalue weighted by atomic mass is 35.5. The fourth-order valence-corrected chi connectivity index (χ4v) is 3.55. The van der Waals surface area contributed by atoms with Crippen molar-refractivity contribution in [1.82, 2.24) is 4.90 Å². The SMILES string of the molecule is Cl.Cl.NC(C(=O)N1CCN(c2cccc(C(F)(F)F)c2)CC1)C1CCOCC1. The number of ether oxygens (including phenoxy) is 1. The first-order valence-electron chi connectivity index (χ1n) is 8.90. The highest BCUT2D eigenvalue weighted by molar-refractivity contribution is 5.85. The molecule has 0 bridgehead atoms. The van der Waals surface area contributed by atoms with Crippen molar-refractivity contribution in [1.29, 1.82) is 0 Å². The Balaban J connectivity index is 0.00000196. The van der Waals surface area contributed by atoms with Gasteiger partial charge in [0.25, 0.3) is 0 Å². The van der Waals surface area contributed by atoms with E-state index in [1.807, 2.05) is 4.90 Å². The molecule has 1 aromatic carbocycles. The van der Waals surface area contributed by atoms with E-state index in [2.05, 4.69) is 0 Å². The van der Waals surface area contributed by atoms with E-state index in [0.29, 0.717) is 45.1 Å². The van der Waals surface area contributed by atoms with Crippen LogP contribution < -0.4 is 10.6 Å². The number of rotatable bonds is 3. The third kappa shape index (κ3) is 5.89. The smallest absolute Gasteiger partial charge is 0.381 e. The summed E-state index contributed by atoms with van der Waals surface area (Å²) in [7, 11) is 0. The molecule has 0 spiro atoms. The molecule has 2 aliphatic rings. The number of alkyl halides is 3. The Morgan fingerprint density at radius 2 is 1.71 bits per heavy atom. The van der Waals surface area contributed by atoms with Crippen LogP contribution in [0.5, 0.6) is 0 Å². The van der Waals surface area contributed by atoms with Crippen LogP contribution in [0.1, 0.15) is 18.4 Å². The molecule has 1 unspecified atom stereocenters. The third-order valence-corrected chi connectivity index (χ3v) is 5.19. The van der Waals surface area contributed by atoms with Gasteiger partial charge in [0.05, 0.1) is 11.6 Å². The second-order valence-electron chi connectivity index (χ2n) is 6.84. The Morgan fingerprint density at radius 3 is 2.29 bits per heavy atom. The Kier molecular flexibility index (Phi) is 9.33. The zero-order valence-electron chi connectivity index (χ0n) is 15.4. The summed E-state index contributed by atoms with van der Waals surface area (Å²) < 4.78 is 43.9. The minimum Gasteiger partial charge on any atom is -0.381 e. The zero-order valence-corrected chi connectivity index (χ0v) is 17.0. The lowest BCUT2D eigenvalue weighted by molar-refractivity contribution is -0.137. The van der Waals surface area contributed by atoms with Crippen LogP contribution in [0.4, 0.5) is 18.9 Å². The van der Waals surface area contributed by atoms with Gasteiger partial charge in [-0.2, -0.15) is 13.2 Å². The fraction of sp³-hybridized carbons (Fsp3) is 0.611. The third-order valence-electron chi connectivity index (χ3n) is 5.19. The van der Waals surface area contributed by atoms with E-state index >= 15 is 0 Å². The molecule has 2 fully saturated rings. The van der Waals surface area contributed by atoms with Crippen LogP contribution in [0.2, 0.25) is 0 Å². The monoisotopic (exact) mass is 443 g/mol. The maximum atomic E-state index is 12.9. The van der Waals surface area contributed by atoms with Gasteiger partial charge in [0.2, 0.25) is 5.91 Å². The van der Waals surface area contributed by atoms with Gasteiger partial charge < -0.3 is 20.3 Å². The van der Waals surface area contributed by atoms with Gasteiger partial charge in [0.1, 0.15) is 0 Å². The van der Waals surface area contributed by atoms with Gasteiger partial charge in [-0.25, -0.2) is 0 Å². The van der Waals surface area contributed by atoms with Crippen molar-refractivity contribution in [3.63, 3.8) is 0 Å². The number of anilines is 1. The molecular weight excluding hydrogens is 418 g/mol. The molecule has 1 amide bonds. The molecule has 2 heterocycles. The van der Waals surface area contributed by atoms with Gasteiger partial charge in [0, 0.05) is 45.1 Å². The van der Waals surface area contributed by atoms with E-state index in [-0.39, 0.29) is 36.6 Å². The molecule has 5 nitrogen and oxygen atoms in total. The number of nitrogens with zero attached hydrogens (tertiary/aromatic N) is 2. The maximum absolute atomic E-state index is 12.9. The number of carbonyl (C=O) groups excluding carboxylic acids is 1. The number of hydrogen-bond acceptors (Lipinski definition) is 4. The van der Waals surface area contributed by atoms with Crippen LogP contribution in [0.25, 0.3) is 0 Å². The Labute approximate surface area is 175 Å². The summed E-state index contributed by atoms with van der Waals surface area (Å²) in [4.78, 5) is 16.2. The number of halogens is 5. The minimum absolute atomic E-state index is 0. The highest BCUT2D eigenvalue weighted by Crippen LogP contribution is 2.32. The molecule has 3 rings (SSSR count). The number of benzene rings is 1. The minimum atomic E-state index is -4.36. The van der Waals surface area contributed by atoms with Gasteiger partial charge in [0.15, 0.2) is 0 Å². The average molecular weight is 444 g/mol. The average Bonchev–Trinajstić information content (AvgIpc) is 2.67. The Hall–Kier alpha value is -1.22. The van der Waals surface area contributed by atoms with Gasteiger partial charge in [-0.3, -0.25) is 4.79 Å². The van der Waals surface area contributed by atoms with E-state index < -0.39 is 17.8 Å². The first-order chi connectivity index (χ1) is 12.4. The second kappa shape index (κ2) is 10.5. The topological polar surface area (TPSA) is 58.8 Å². The molecule has 2 saturated heterocycles. The molecule has 0 aliphatic carbocycles. The number of amides is 1. The number of nitrogens with two attached hydrogens (primary N) is 1. The van der Waals surface area contributed by atoms with E-state index in [4.69, 9.17) is 10.5 Å². The van der Waals surface area contributed by atoms with Crippen molar-refractivity contribution in [3.05, 3.63) is 29.8 Å². The molecule has 0 radical (unpaired) electrons. The predicted molar refractivity (Wildman–Crippen MR) is 106 cm³/mol. The molecule has 1 aromatic rings. The van der Waals surface area contributed by atoms with Crippen molar-refractivity contribution < 1.29 is 22.7 Å². The van der Waals surface area contributed by atoms with Crippen molar-refractivity contribution in [2.45, 2.75) is 25.1 Å². The van der Waals surface area contributed by atoms with Crippen LogP contribution in [0.15, 0.2) is 24.3 Å². The molecule has 10 heteroatoms. The van der Waals surface area contributed by atoms with Crippen LogP contribution in [-0.4, -0.2) is 56.2 Å². The second-order valence-corrected chi connectivity index (χ2v) is 6.84. The van der Waals surface area contributed by atoms with E-state index in [9.17, 15) is 18.0 Å². The van der Waals surface area contributed by atoms with Gasteiger partial charge in [-0.15, -0.1) is 24.8 Å². The predicted octanol–water partition coefficient (Wildman–Crippen LogP) is 2.95. The number of hydrogen-bond donors (Lipinski definition) is 1. The van der Waals surface area contributed by atoms with Gasteiger partial charge in [-0.1, -0.05) is 6.07 Å². The van der Waals surface area contributed by atoms with Crippen LogP contribution in [0, 0.1) is 5.92 Å². The van der Waals surface area contributed by atoms with E-state index in [1.165, 1.54) is 6.07 Å². The Bertz CT molecular complexity index is 635. The van der Waals surface area contributed by atoms with Crippen molar-refractivity contribution in [2.24, 2.45) is 11.7 Å². The standard InChI is InChI=1S/C18H24F3N3O2.2ClH/c19-18(20,21)14-2-1-3-15(12-14)23-6-8-24(9-7-23)17(25)16(22)13-4-10-26-11-5-13;;/h1-3,12-13,16H,4-11,22H2;2*1H. The quantitative estimate of drug-likeness (QED) is 0.779. The van der Waals surface area contributed by atoms with Crippen LogP contribution in [0.3, 0.4) is 0 Å². The largest absolute Gasteiger partial charge is 0.416 e. The fourth-order valence-electron chi connectivity index (χ4n) is 3.55. The molecular formula is C18H26Cl2F3N3O2. The summed E-state index contributed by atoms with van der Waals surface area (Å²) in [6.07, 6.45) is -2.78. The van der Waals surface area contributed by atoms with Crippen LogP contribution in [-0.2, 0) is 15.7 Å².